The van der Waals surface area contributed by atoms with Crippen LogP contribution < -0.4 is 16.4 Å². The lowest BCUT2D eigenvalue weighted by atomic mass is 9.90. The summed E-state index contributed by atoms with van der Waals surface area (Å²) in [6.45, 7) is 6.88. The number of nitriles is 1. The van der Waals surface area contributed by atoms with Crippen molar-refractivity contribution in [2.45, 2.75) is 89.9 Å². The van der Waals surface area contributed by atoms with E-state index in [0.717, 1.165) is 30.4 Å². The fourth-order valence-electron chi connectivity index (χ4n) is 6.04. The molecule has 0 spiro atoms. The highest BCUT2D eigenvalue weighted by molar-refractivity contribution is 6.31. The monoisotopic (exact) mass is 620 g/mol. The van der Waals surface area contributed by atoms with Crippen LogP contribution in [-0.2, 0) is 32.1 Å². The Balaban J connectivity index is 1.50. The van der Waals surface area contributed by atoms with Crippen LogP contribution in [0.5, 0.6) is 0 Å². The zero-order valence-corrected chi connectivity index (χ0v) is 26.4. The number of hydrogen-bond donors (Lipinski definition) is 3. The number of nitrogens with two attached hydrogens (primary N) is 1. The van der Waals surface area contributed by atoms with Crippen molar-refractivity contribution >= 4 is 40.9 Å². The van der Waals surface area contributed by atoms with E-state index in [1.807, 2.05) is 35.2 Å². The van der Waals surface area contributed by atoms with Crippen molar-refractivity contribution < 1.29 is 19.2 Å². The molecule has 1 saturated heterocycles. The first-order chi connectivity index (χ1) is 20.9. The Labute approximate surface area is 263 Å². The van der Waals surface area contributed by atoms with Crippen LogP contribution in [0.25, 0.3) is 0 Å². The van der Waals surface area contributed by atoms with Gasteiger partial charge in [-0.25, -0.2) is 0 Å². The fourth-order valence-corrected chi connectivity index (χ4v) is 6.20. The largest absolute Gasteiger partial charge is 0.342 e. The number of carbonyl (C=O) groups is 4. The number of hydrogen-bond acceptors (Lipinski definition) is 6. The lowest BCUT2D eigenvalue weighted by molar-refractivity contribution is -0.145. The number of amides is 4. The molecule has 11 heteroatoms. The lowest BCUT2D eigenvalue weighted by Gasteiger charge is -2.42. The van der Waals surface area contributed by atoms with Crippen LogP contribution in [0.1, 0.15) is 74.6 Å². The molecule has 0 aliphatic carbocycles. The van der Waals surface area contributed by atoms with Crippen molar-refractivity contribution in [1.82, 2.24) is 15.1 Å². The van der Waals surface area contributed by atoms with Crippen LogP contribution in [0.4, 0.5) is 5.69 Å². The van der Waals surface area contributed by atoms with Crippen molar-refractivity contribution in [2.24, 2.45) is 5.73 Å². The highest BCUT2D eigenvalue weighted by Gasteiger charge is 2.37. The third kappa shape index (κ3) is 7.58. The second-order valence-electron chi connectivity index (χ2n) is 12.2. The fraction of sp³-hybridized carbons (Fsp3) is 0.485. The summed E-state index contributed by atoms with van der Waals surface area (Å²) in [5.41, 5.74) is 8.58. The van der Waals surface area contributed by atoms with Gasteiger partial charge < -0.3 is 26.2 Å². The maximum Gasteiger partial charge on any atom is 0.247 e. The number of halogens is 1. The molecule has 0 aromatic heterocycles. The Morgan fingerprint density at radius 1 is 1.11 bits per heavy atom. The van der Waals surface area contributed by atoms with Crippen molar-refractivity contribution in [3.05, 3.63) is 63.7 Å². The second kappa shape index (κ2) is 14.2. The molecule has 2 aliphatic rings. The van der Waals surface area contributed by atoms with Gasteiger partial charge in [0.15, 0.2) is 0 Å². The van der Waals surface area contributed by atoms with E-state index in [4.69, 9.17) is 17.3 Å². The molecule has 4 amide bonds. The molecular weight excluding hydrogens is 580 g/mol. The van der Waals surface area contributed by atoms with E-state index in [-0.39, 0.29) is 67.4 Å². The number of rotatable bonds is 9. The van der Waals surface area contributed by atoms with E-state index in [0.29, 0.717) is 17.1 Å². The summed E-state index contributed by atoms with van der Waals surface area (Å²) < 4.78 is 0. The van der Waals surface area contributed by atoms with Gasteiger partial charge in [-0.2, -0.15) is 5.26 Å². The van der Waals surface area contributed by atoms with Crippen molar-refractivity contribution in [3.8, 4) is 6.07 Å². The number of carbonyl (C=O) groups excluding carboxylic acids is 4. The van der Waals surface area contributed by atoms with Gasteiger partial charge in [0.05, 0.1) is 11.3 Å². The van der Waals surface area contributed by atoms with Crippen molar-refractivity contribution in [1.29, 1.82) is 5.26 Å². The highest BCUT2D eigenvalue weighted by atomic mass is 35.5. The summed E-state index contributed by atoms with van der Waals surface area (Å²) in [4.78, 5) is 57.3. The van der Waals surface area contributed by atoms with Crippen LogP contribution in [0, 0.1) is 18.3 Å². The minimum absolute atomic E-state index is 0.0169. The molecule has 234 valence electrons. The third-order valence-corrected chi connectivity index (χ3v) is 9.05. The van der Waals surface area contributed by atoms with Gasteiger partial charge >= 0.3 is 0 Å². The standard InChI is InChI=1S/C33H41ClN6O4/c1-21-16-27(24(19-36)17-25(21)34)38-31(43)26(12-14-35)37-32(44)28-18-22-8-4-5-9-23(22)20-39(28)29(41)10-11-30(42)40-15-7-6-13-33(40,2)3/h4-5,8-9,16-17,26,28H,6-7,10-15,18,20,35H2,1-3H3,(H,37,44)(H,38,43)/t26-,28-/m0/s1. The molecule has 10 nitrogen and oxygen atoms in total. The van der Waals surface area contributed by atoms with Gasteiger partial charge in [-0.3, -0.25) is 19.2 Å². The van der Waals surface area contributed by atoms with Gasteiger partial charge in [-0.1, -0.05) is 35.9 Å². The minimum atomic E-state index is -1.01. The molecule has 2 atom stereocenters. The predicted octanol–water partition coefficient (Wildman–Crippen LogP) is 3.82. The molecular formula is C33H41ClN6O4. The van der Waals surface area contributed by atoms with Gasteiger partial charge in [0, 0.05) is 42.9 Å². The predicted molar refractivity (Wildman–Crippen MR) is 168 cm³/mol. The molecule has 0 bridgehead atoms. The first-order valence-corrected chi connectivity index (χ1v) is 15.5. The number of aryl methyl sites for hydroxylation is 1. The lowest BCUT2D eigenvalue weighted by Crippen LogP contribution is -2.56. The maximum absolute atomic E-state index is 13.8. The van der Waals surface area contributed by atoms with E-state index in [1.165, 1.54) is 11.0 Å². The normalized spacial score (nSPS) is 18.0. The number of piperidine rings is 1. The summed E-state index contributed by atoms with van der Waals surface area (Å²) in [7, 11) is 0. The van der Waals surface area contributed by atoms with Crippen LogP contribution in [0.15, 0.2) is 36.4 Å². The number of benzene rings is 2. The van der Waals surface area contributed by atoms with Gasteiger partial charge in [0.25, 0.3) is 0 Å². The van der Waals surface area contributed by atoms with Gasteiger partial charge in [0.2, 0.25) is 23.6 Å². The number of likely N-dealkylation sites (tertiary alicyclic amines) is 1. The third-order valence-electron chi connectivity index (χ3n) is 8.64. The Hall–Kier alpha value is -3.94. The van der Waals surface area contributed by atoms with E-state index >= 15 is 0 Å². The minimum Gasteiger partial charge on any atom is -0.342 e. The molecule has 2 aromatic rings. The first kappa shape index (κ1) is 33.0. The Morgan fingerprint density at radius 3 is 2.50 bits per heavy atom. The summed E-state index contributed by atoms with van der Waals surface area (Å²) in [6.07, 6.45) is 3.40. The SMILES string of the molecule is Cc1cc(NC(=O)[C@H](CCN)NC(=O)[C@@H]2Cc3ccccc3CN2C(=O)CCC(=O)N2CCCCC2(C)C)c(C#N)cc1Cl. The molecule has 0 radical (unpaired) electrons. The van der Waals surface area contributed by atoms with Crippen molar-refractivity contribution in [3.63, 3.8) is 0 Å². The van der Waals surface area contributed by atoms with E-state index in [1.54, 1.807) is 13.0 Å². The number of anilines is 1. The smallest absolute Gasteiger partial charge is 0.247 e. The number of nitrogens with zero attached hydrogens (tertiary/aromatic N) is 3. The molecule has 0 saturated carbocycles. The summed E-state index contributed by atoms with van der Waals surface area (Å²) in [5, 5.41) is 15.5. The van der Waals surface area contributed by atoms with Gasteiger partial charge in [-0.15, -0.1) is 0 Å². The average Bonchev–Trinajstić information content (AvgIpc) is 3.00. The quantitative estimate of drug-likeness (QED) is 0.388. The van der Waals surface area contributed by atoms with Crippen LogP contribution >= 0.6 is 11.6 Å². The second-order valence-corrected chi connectivity index (χ2v) is 12.6. The van der Waals surface area contributed by atoms with E-state index < -0.39 is 23.9 Å². The Bertz CT molecular complexity index is 1470. The molecule has 44 heavy (non-hydrogen) atoms. The zero-order chi connectivity index (χ0) is 32.0. The zero-order valence-electron chi connectivity index (χ0n) is 25.6. The average molecular weight is 621 g/mol. The molecule has 4 N–H and O–H groups in total. The molecule has 2 aromatic carbocycles. The Kier molecular flexibility index (Phi) is 10.7. The van der Waals surface area contributed by atoms with E-state index in [9.17, 15) is 24.4 Å². The first-order valence-electron chi connectivity index (χ1n) is 15.1. The number of fused-ring (bicyclic) bond motifs is 1. The van der Waals surface area contributed by atoms with Gasteiger partial charge in [0.1, 0.15) is 18.2 Å². The topological polar surface area (TPSA) is 149 Å². The molecule has 0 unspecified atom stereocenters. The summed E-state index contributed by atoms with van der Waals surface area (Å²) >= 11 is 6.14. The Morgan fingerprint density at radius 2 is 1.82 bits per heavy atom. The molecule has 2 aliphatic heterocycles. The van der Waals surface area contributed by atoms with Crippen LogP contribution in [0.2, 0.25) is 5.02 Å². The van der Waals surface area contributed by atoms with Crippen molar-refractivity contribution in [2.75, 3.05) is 18.4 Å². The molecule has 1 fully saturated rings. The summed E-state index contributed by atoms with van der Waals surface area (Å²) in [5.74, 6) is -1.38. The van der Waals surface area contributed by atoms with Crippen LogP contribution in [0.3, 0.4) is 0 Å². The van der Waals surface area contributed by atoms with Crippen LogP contribution in [-0.4, -0.2) is 64.1 Å². The number of nitrogens with one attached hydrogen (secondary N) is 2. The summed E-state index contributed by atoms with van der Waals surface area (Å²) in [6, 6.07) is 10.8. The molecule has 4 rings (SSSR count). The highest BCUT2D eigenvalue weighted by Crippen LogP contribution is 2.29. The van der Waals surface area contributed by atoms with E-state index in [2.05, 4.69) is 24.5 Å². The van der Waals surface area contributed by atoms with Gasteiger partial charge in [-0.05, 0) is 81.8 Å². The maximum atomic E-state index is 13.8. The molecule has 2 heterocycles.